The molecule has 1 aromatic carbocycles. The van der Waals surface area contributed by atoms with Crippen LogP contribution in [0.2, 0.25) is 0 Å². The van der Waals surface area contributed by atoms with Gasteiger partial charge in [-0.25, -0.2) is 8.78 Å². The highest BCUT2D eigenvalue weighted by atomic mass is 19.3. The van der Waals surface area contributed by atoms with Crippen molar-refractivity contribution in [2.45, 2.75) is 50.2 Å². The van der Waals surface area contributed by atoms with E-state index in [1.165, 1.54) is 12.8 Å². The number of carbonyl (C=O) groups excluding carboxylic acids is 1. The van der Waals surface area contributed by atoms with E-state index in [0.717, 1.165) is 12.8 Å². The number of alkyl halides is 2. The minimum atomic E-state index is -2.81. The van der Waals surface area contributed by atoms with E-state index in [2.05, 4.69) is 10.6 Å². The van der Waals surface area contributed by atoms with Crippen molar-refractivity contribution in [1.29, 1.82) is 0 Å². The molecule has 2 N–H and O–H groups in total. The quantitative estimate of drug-likeness (QED) is 0.899. The van der Waals surface area contributed by atoms with Gasteiger partial charge in [0.05, 0.1) is 18.7 Å². The summed E-state index contributed by atoms with van der Waals surface area (Å²) in [4.78, 5) is 12.0. The number of hydrogen-bond acceptors (Lipinski definition) is 3. The summed E-state index contributed by atoms with van der Waals surface area (Å²) >= 11 is 0. The zero-order valence-electron chi connectivity index (χ0n) is 12.3. The molecule has 2 aliphatic rings. The van der Waals surface area contributed by atoms with E-state index in [0.29, 0.717) is 11.4 Å². The predicted octanol–water partition coefficient (Wildman–Crippen LogP) is 2.94. The molecule has 1 aliphatic heterocycles. The van der Waals surface area contributed by atoms with Crippen molar-refractivity contribution in [2.75, 3.05) is 11.9 Å². The molecule has 1 aliphatic carbocycles. The highest BCUT2D eigenvalue weighted by Crippen LogP contribution is 2.27. The standard InChI is InChI=1S/C16H20F2N2O2/c17-16(18)9-14(19-10-16)15(21)20-11-4-3-7-13(8-11)22-12-5-1-2-6-12/h3-4,7-8,12,14,19H,1-2,5-6,9-10H2,(H,20,21). The van der Waals surface area contributed by atoms with E-state index in [1.807, 2.05) is 6.07 Å². The van der Waals surface area contributed by atoms with Gasteiger partial charge in [0, 0.05) is 18.2 Å². The van der Waals surface area contributed by atoms with Gasteiger partial charge in [0.2, 0.25) is 5.91 Å². The number of amides is 1. The van der Waals surface area contributed by atoms with Crippen LogP contribution in [0.3, 0.4) is 0 Å². The summed E-state index contributed by atoms with van der Waals surface area (Å²) < 4.78 is 32.1. The normalized spacial score (nSPS) is 24.4. The molecule has 0 radical (unpaired) electrons. The number of halogens is 2. The van der Waals surface area contributed by atoms with Gasteiger partial charge in [-0.1, -0.05) is 6.07 Å². The monoisotopic (exact) mass is 310 g/mol. The van der Waals surface area contributed by atoms with Gasteiger partial charge in [-0.15, -0.1) is 0 Å². The highest BCUT2D eigenvalue weighted by molar-refractivity contribution is 5.95. The van der Waals surface area contributed by atoms with Crippen molar-refractivity contribution in [3.05, 3.63) is 24.3 Å². The molecule has 6 heteroatoms. The number of nitrogens with one attached hydrogen (secondary N) is 2. The molecule has 0 aromatic heterocycles. The minimum Gasteiger partial charge on any atom is -0.490 e. The number of hydrogen-bond donors (Lipinski definition) is 2. The summed E-state index contributed by atoms with van der Waals surface area (Å²) in [6.07, 6.45) is 4.25. The Morgan fingerprint density at radius 2 is 2.09 bits per heavy atom. The molecule has 1 saturated carbocycles. The number of carbonyl (C=O) groups is 1. The van der Waals surface area contributed by atoms with Gasteiger partial charge in [-0.05, 0) is 37.8 Å². The smallest absolute Gasteiger partial charge is 0.262 e. The number of rotatable bonds is 4. The van der Waals surface area contributed by atoms with Crippen LogP contribution >= 0.6 is 0 Å². The molecule has 22 heavy (non-hydrogen) atoms. The second-order valence-corrected chi connectivity index (χ2v) is 6.03. The summed E-state index contributed by atoms with van der Waals surface area (Å²) in [6.45, 7) is -0.448. The van der Waals surface area contributed by atoms with Crippen molar-refractivity contribution < 1.29 is 18.3 Å². The molecule has 1 atom stereocenters. The van der Waals surface area contributed by atoms with E-state index in [-0.39, 0.29) is 6.10 Å². The van der Waals surface area contributed by atoms with E-state index in [4.69, 9.17) is 4.74 Å². The van der Waals surface area contributed by atoms with Gasteiger partial charge >= 0.3 is 0 Å². The lowest BCUT2D eigenvalue weighted by atomic mass is 10.2. The maximum atomic E-state index is 13.1. The maximum Gasteiger partial charge on any atom is 0.262 e. The zero-order valence-corrected chi connectivity index (χ0v) is 12.3. The Morgan fingerprint density at radius 1 is 1.32 bits per heavy atom. The zero-order chi connectivity index (χ0) is 15.6. The van der Waals surface area contributed by atoms with Gasteiger partial charge in [0.1, 0.15) is 5.75 Å². The maximum absolute atomic E-state index is 13.1. The molecular weight excluding hydrogens is 290 g/mol. The molecule has 2 fully saturated rings. The molecule has 0 spiro atoms. The van der Waals surface area contributed by atoms with Crippen LogP contribution in [0.15, 0.2) is 24.3 Å². The molecule has 4 nitrogen and oxygen atoms in total. The van der Waals surface area contributed by atoms with Gasteiger partial charge in [0.15, 0.2) is 0 Å². The summed E-state index contributed by atoms with van der Waals surface area (Å²) in [5.41, 5.74) is 0.567. The minimum absolute atomic E-state index is 0.237. The lowest BCUT2D eigenvalue weighted by Crippen LogP contribution is -2.35. The average molecular weight is 310 g/mol. The molecular formula is C16H20F2N2O2. The summed E-state index contributed by atoms with van der Waals surface area (Å²) in [6, 6.07) is 6.25. The summed E-state index contributed by atoms with van der Waals surface area (Å²) in [5, 5.41) is 5.22. The Bertz CT molecular complexity index is 545. The van der Waals surface area contributed by atoms with Crippen molar-refractivity contribution in [3.63, 3.8) is 0 Å². The number of anilines is 1. The molecule has 3 rings (SSSR count). The summed E-state index contributed by atoms with van der Waals surface area (Å²) in [5.74, 6) is -2.54. The van der Waals surface area contributed by atoms with Crippen molar-refractivity contribution in [1.82, 2.24) is 5.32 Å². The molecule has 1 saturated heterocycles. The lowest BCUT2D eigenvalue weighted by Gasteiger charge is -2.15. The van der Waals surface area contributed by atoms with Crippen LogP contribution in [0.25, 0.3) is 0 Å². The molecule has 1 amide bonds. The SMILES string of the molecule is O=C(Nc1cccc(OC2CCCC2)c1)C1CC(F)(F)CN1. The predicted molar refractivity (Wildman–Crippen MR) is 79.3 cm³/mol. The van der Waals surface area contributed by atoms with Crippen LogP contribution in [0, 0.1) is 0 Å². The van der Waals surface area contributed by atoms with Crippen LogP contribution in [0.5, 0.6) is 5.75 Å². The Morgan fingerprint density at radius 3 is 2.77 bits per heavy atom. The fourth-order valence-electron chi connectivity index (χ4n) is 2.98. The van der Waals surface area contributed by atoms with Crippen LogP contribution in [0.4, 0.5) is 14.5 Å². The topological polar surface area (TPSA) is 50.4 Å². The van der Waals surface area contributed by atoms with Gasteiger partial charge in [-0.3, -0.25) is 10.1 Å². The fourth-order valence-corrected chi connectivity index (χ4v) is 2.98. The van der Waals surface area contributed by atoms with E-state index >= 15 is 0 Å². The van der Waals surface area contributed by atoms with Crippen LogP contribution in [0.1, 0.15) is 32.1 Å². The first kappa shape index (κ1) is 15.2. The van der Waals surface area contributed by atoms with E-state index in [1.54, 1.807) is 18.2 Å². The Balaban J connectivity index is 1.59. The molecule has 1 aromatic rings. The summed E-state index contributed by atoms with van der Waals surface area (Å²) in [7, 11) is 0. The van der Waals surface area contributed by atoms with Crippen LogP contribution < -0.4 is 15.4 Å². The molecule has 1 heterocycles. The Labute approximate surface area is 128 Å². The van der Waals surface area contributed by atoms with Gasteiger partial charge < -0.3 is 10.1 Å². The number of ether oxygens (including phenoxy) is 1. The van der Waals surface area contributed by atoms with E-state index in [9.17, 15) is 13.6 Å². The van der Waals surface area contributed by atoms with E-state index < -0.39 is 30.8 Å². The third-order valence-electron chi connectivity index (χ3n) is 4.13. The van der Waals surface area contributed by atoms with Crippen molar-refractivity contribution in [3.8, 4) is 5.75 Å². The third-order valence-corrected chi connectivity index (χ3v) is 4.13. The van der Waals surface area contributed by atoms with Crippen LogP contribution in [-0.4, -0.2) is 30.5 Å². The number of benzene rings is 1. The second kappa shape index (κ2) is 6.20. The second-order valence-electron chi connectivity index (χ2n) is 6.03. The third kappa shape index (κ3) is 3.74. The molecule has 1 unspecified atom stereocenters. The molecule has 120 valence electrons. The lowest BCUT2D eigenvalue weighted by molar-refractivity contribution is -0.118. The van der Waals surface area contributed by atoms with Crippen molar-refractivity contribution in [2.24, 2.45) is 0 Å². The molecule has 0 bridgehead atoms. The fraction of sp³-hybridized carbons (Fsp3) is 0.562. The first-order valence-electron chi connectivity index (χ1n) is 7.71. The average Bonchev–Trinajstić information content (AvgIpc) is 3.08. The Hall–Kier alpha value is -1.69. The van der Waals surface area contributed by atoms with Crippen molar-refractivity contribution >= 4 is 11.6 Å². The largest absolute Gasteiger partial charge is 0.490 e. The first-order chi connectivity index (χ1) is 10.5. The Kier molecular flexibility index (Phi) is 4.29. The van der Waals surface area contributed by atoms with Crippen LogP contribution in [-0.2, 0) is 4.79 Å². The van der Waals surface area contributed by atoms with Gasteiger partial charge in [-0.2, -0.15) is 0 Å². The highest BCUT2D eigenvalue weighted by Gasteiger charge is 2.42. The van der Waals surface area contributed by atoms with Gasteiger partial charge in [0.25, 0.3) is 5.92 Å². The first-order valence-corrected chi connectivity index (χ1v) is 7.71.